The van der Waals surface area contributed by atoms with Crippen LogP contribution in [0, 0.1) is 0 Å². The molecule has 2 rings (SSSR count). The van der Waals surface area contributed by atoms with Crippen molar-refractivity contribution in [2.45, 2.75) is 25.8 Å². The molecule has 108 valence electrons. The van der Waals surface area contributed by atoms with E-state index in [4.69, 9.17) is 23.2 Å². The van der Waals surface area contributed by atoms with Gasteiger partial charge in [0, 0.05) is 30.8 Å². The van der Waals surface area contributed by atoms with E-state index >= 15 is 0 Å². The SMILES string of the molecule is CCCNC(Cc1cc(Cl)ccc1Cl)c1cc(Br)cs1. The maximum Gasteiger partial charge on any atom is 0.0456 e. The van der Waals surface area contributed by atoms with Crippen LogP contribution in [0.15, 0.2) is 34.1 Å². The summed E-state index contributed by atoms with van der Waals surface area (Å²) < 4.78 is 1.12. The molecule has 0 amide bonds. The van der Waals surface area contributed by atoms with Gasteiger partial charge in [-0.15, -0.1) is 11.3 Å². The second-order valence-electron chi connectivity index (χ2n) is 4.61. The number of halogens is 3. The van der Waals surface area contributed by atoms with E-state index in [0.717, 1.165) is 39.5 Å². The van der Waals surface area contributed by atoms with Gasteiger partial charge in [-0.2, -0.15) is 0 Å². The minimum atomic E-state index is 0.266. The van der Waals surface area contributed by atoms with Crippen molar-refractivity contribution in [3.8, 4) is 0 Å². The van der Waals surface area contributed by atoms with E-state index in [9.17, 15) is 0 Å². The van der Waals surface area contributed by atoms with Gasteiger partial charge in [-0.25, -0.2) is 0 Å². The maximum absolute atomic E-state index is 6.27. The molecule has 5 heteroatoms. The first-order valence-corrected chi connectivity index (χ1v) is 8.94. The van der Waals surface area contributed by atoms with Crippen LogP contribution in [-0.4, -0.2) is 6.54 Å². The molecule has 1 unspecified atom stereocenters. The number of thiophene rings is 1. The van der Waals surface area contributed by atoms with Gasteiger partial charge in [-0.1, -0.05) is 30.1 Å². The van der Waals surface area contributed by atoms with Crippen molar-refractivity contribution in [1.82, 2.24) is 5.32 Å². The Morgan fingerprint density at radius 1 is 1.30 bits per heavy atom. The summed E-state index contributed by atoms with van der Waals surface area (Å²) in [6.45, 7) is 3.15. The number of hydrogen-bond donors (Lipinski definition) is 1. The van der Waals surface area contributed by atoms with Gasteiger partial charge in [0.2, 0.25) is 0 Å². The van der Waals surface area contributed by atoms with Crippen LogP contribution in [0.4, 0.5) is 0 Å². The van der Waals surface area contributed by atoms with Crippen LogP contribution in [0.5, 0.6) is 0 Å². The lowest BCUT2D eigenvalue weighted by atomic mass is 10.0. The molecule has 1 N–H and O–H groups in total. The minimum Gasteiger partial charge on any atom is -0.309 e. The van der Waals surface area contributed by atoms with Crippen molar-refractivity contribution < 1.29 is 0 Å². The van der Waals surface area contributed by atoms with Crippen LogP contribution in [0.25, 0.3) is 0 Å². The van der Waals surface area contributed by atoms with Gasteiger partial charge >= 0.3 is 0 Å². The predicted molar refractivity (Wildman–Crippen MR) is 93.2 cm³/mol. The molecule has 2 aromatic rings. The fourth-order valence-electron chi connectivity index (χ4n) is 2.02. The van der Waals surface area contributed by atoms with Gasteiger partial charge in [0.25, 0.3) is 0 Å². The molecule has 0 saturated heterocycles. The van der Waals surface area contributed by atoms with Gasteiger partial charge < -0.3 is 5.32 Å². The normalized spacial score (nSPS) is 12.6. The molecule has 0 spiro atoms. The van der Waals surface area contributed by atoms with Gasteiger partial charge in [0.15, 0.2) is 0 Å². The molecule has 1 heterocycles. The minimum absolute atomic E-state index is 0.266. The standard InChI is InChI=1S/C15H16BrCl2NS/c1-2-5-19-14(15-8-11(16)9-20-15)7-10-6-12(17)3-4-13(10)18/h3-4,6,8-9,14,19H,2,5,7H2,1H3. The molecule has 0 fully saturated rings. The lowest BCUT2D eigenvalue weighted by molar-refractivity contribution is 0.536. The van der Waals surface area contributed by atoms with E-state index < -0.39 is 0 Å². The predicted octanol–water partition coefficient (Wildman–Crippen LogP) is 6.10. The Morgan fingerprint density at radius 2 is 2.10 bits per heavy atom. The summed E-state index contributed by atoms with van der Waals surface area (Å²) >= 11 is 17.6. The quantitative estimate of drug-likeness (QED) is 0.625. The molecule has 0 aliphatic heterocycles. The molecule has 20 heavy (non-hydrogen) atoms. The smallest absolute Gasteiger partial charge is 0.0456 e. The Morgan fingerprint density at radius 3 is 2.75 bits per heavy atom. The summed E-state index contributed by atoms with van der Waals surface area (Å²) in [4.78, 5) is 1.31. The first-order chi connectivity index (χ1) is 9.60. The van der Waals surface area contributed by atoms with Crippen molar-refractivity contribution in [2.75, 3.05) is 6.54 Å². The van der Waals surface area contributed by atoms with Crippen LogP contribution in [0.3, 0.4) is 0 Å². The summed E-state index contributed by atoms with van der Waals surface area (Å²) in [5.41, 5.74) is 1.08. The molecule has 1 atom stereocenters. The molecule has 0 radical (unpaired) electrons. The molecular weight excluding hydrogens is 377 g/mol. The lowest BCUT2D eigenvalue weighted by Crippen LogP contribution is -2.23. The highest BCUT2D eigenvalue weighted by Gasteiger charge is 2.15. The number of rotatable bonds is 6. The zero-order valence-corrected chi connectivity index (χ0v) is 15.0. The Kier molecular flexibility index (Phi) is 6.37. The van der Waals surface area contributed by atoms with E-state index in [1.54, 1.807) is 11.3 Å². The molecular formula is C15H16BrCl2NS. The summed E-state index contributed by atoms with van der Waals surface area (Å²) in [5, 5.41) is 7.19. The maximum atomic E-state index is 6.27. The Labute approximate surface area is 142 Å². The zero-order valence-electron chi connectivity index (χ0n) is 11.1. The van der Waals surface area contributed by atoms with Gasteiger partial charge in [-0.05, 0) is 65.1 Å². The van der Waals surface area contributed by atoms with Crippen LogP contribution >= 0.6 is 50.5 Å². The molecule has 1 aromatic carbocycles. The van der Waals surface area contributed by atoms with Crippen molar-refractivity contribution in [3.63, 3.8) is 0 Å². The Bertz CT molecular complexity index is 571. The van der Waals surface area contributed by atoms with Gasteiger partial charge in [0.05, 0.1) is 0 Å². The highest BCUT2D eigenvalue weighted by Crippen LogP contribution is 2.30. The van der Waals surface area contributed by atoms with Gasteiger partial charge in [-0.3, -0.25) is 0 Å². The second-order valence-corrected chi connectivity index (χ2v) is 7.32. The molecule has 0 aliphatic carbocycles. The topological polar surface area (TPSA) is 12.0 Å². The summed E-state index contributed by atoms with van der Waals surface area (Å²) in [5.74, 6) is 0. The van der Waals surface area contributed by atoms with Gasteiger partial charge in [0.1, 0.15) is 0 Å². The number of nitrogens with one attached hydrogen (secondary N) is 1. The van der Waals surface area contributed by atoms with Crippen LogP contribution < -0.4 is 5.32 Å². The monoisotopic (exact) mass is 391 g/mol. The third-order valence-corrected chi connectivity index (χ3v) is 5.41. The van der Waals surface area contributed by atoms with E-state index in [1.807, 2.05) is 18.2 Å². The summed E-state index contributed by atoms with van der Waals surface area (Å²) in [6, 6.07) is 8.07. The molecule has 1 nitrogen and oxygen atoms in total. The largest absolute Gasteiger partial charge is 0.309 e. The zero-order chi connectivity index (χ0) is 14.5. The fraction of sp³-hybridized carbons (Fsp3) is 0.333. The van der Waals surface area contributed by atoms with Crippen LogP contribution in [0.1, 0.15) is 29.8 Å². The summed E-state index contributed by atoms with van der Waals surface area (Å²) in [6.07, 6.45) is 1.94. The third-order valence-electron chi connectivity index (χ3n) is 3.00. The van der Waals surface area contributed by atoms with E-state index in [1.165, 1.54) is 4.88 Å². The third kappa shape index (κ3) is 4.47. The lowest BCUT2D eigenvalue weighted by Gasteiger charge is -2.18. The summed E-state index contributed by atoms with van der Waals surface area (Å²) in [7, 11) is 0. The Balaban J connectivity index is 2.21. The first-order valence-electron chi connectivity index (χ1n) is 6.51. The highest BCUT2D eigenvalue weighted by atomic mass is 79.9. The fourth-order valence-corrected chi connectivity index (χ4v) is 3.93. The molecule has 0 saturated carbocycles. The van der Waals surface area contributed by atoms with E-state index in [-0.39, 0.29) is 6.04 Å². The molecule has 1 aromatic heterocycles. The average Bonchev–Trinajstić information content (AvgIpc) is 2.85. The number of benzene rings is 1. The van der Waals surface area contributed by atoms with Crippen molar-refractivity contribution in [1.29, 1.82) is 0 Å². The number of hydrogen-bond acceptors (Lipinski definition) is 2. The average molecular weight is 393 g/mol. The first kappa shape index (κ1) is 16.3. The van der Waals surface area contributed by atoms with Crippen molar-refractivity contribution in [2.24, 2.45) is 0 Å². The highest BCUT2D eigenvalue weighted by molar-refractivity contribution is 9.10. The molecule has 0 aliphatic rings. The van der Waals surface area contributed by atoms with E-state index in [0.29, 0.717) is 0 Å². The molecule has 0 bridgehead atoms. The van der Waals surface area contributed by atoms with Crippen LogP contribution in [0.2, 0.25) is 10.0 Å². The van der Waals surface area contributed by atoms with Crippen molar-refractivity contribution >= 4 is 50.5 Å². The van der Waals surface area contributed by atoms with E-state index in [2.05, 4.69) is 39.6 Å². The van der Waals surface area contributed by atoms with Crippen LogP contribution in [-0.2, 0) is 6.42 Å². The second kappa shape index (κ2) is 7.81. The van der Waals surface area contributed by atoms with Crippen molar-refractivity contribution in [3.05, 3.63) is 54.6 Å². The Hall–Kier alpha value is -0.0600.